The number of nitrogens with zero attached hydrogens (tertiary/aromatic N) is 1. The first-order valence-corrected chi connectivity index (χ1v) is 11.6. The third kappa shape index (κ3) is 6.57. The topological polar surface area (TPSA) is 49.4 Å². The molecule has 1 N–H and O–H groups in total. The third-order valence-electron chi connectivity index (χ3n) is 6.12. The van der Waals surface area contributed by atoms with Gasteiger partial charge in [0.2, 0.25) is 11.8 Å². The van der Waals surface area contributed by atoms with Gasteiger partial charge in [0.15, 0.2) is 0 Å². The van der Waals surface area contributed by atoms with Gasteiger partial charge in [-0.05, 0) is 61.3 Å². The second kappa shape index (κ2) is 10.8. The molecule has 0 saturated carbocycles. The van der Waals surface area contributed by atoms with E-state index in [4.69, 9.17) is 11.6 Å². The van der Waals surface area contributed by atoms with Crippen molar-refractivity contribution in [3.8, 4) is 0 Å². The minimum Gasteiger partial charge on any atom is -0.344 e. The van der Waals surface area contributed by atoms with Crippen LogP contribution in [0.2, 0.25) is 5.02 Å². The highest BCUT2D eigenvalue weighted by molar-refractivity contribution is 6.30. The van der Waals surface area contributed by atoms with E-state index in [1.807, 2.05) is 56.0 Å². The Balaban J connectivity index is 1.53. The molecule has 0 radical (unpaired) electrons. The number of likely N-dealkylation sites (tertiary alicyclic amines) is 1. The summed E-state index contributed by atoms with van der Waals surface area (Å²) in [5, 5.41) is 3.75. The second-order valence-corrected chi connectivity index (χ2v) is 9.37. The summed E-state index contributed by atoms with van der Waals surface area (Å²) in [6.07, 6.45) is 2.93. The first-order valence-electron chi connectivity index (χ1n) is 11.2. The lowest BCUT2D eigenvalue weighted by Crippen LogP contribution is -2.52. The number of rotatable bonds is 7. The van der Waals surface area contributed by atoms with Crippen LogP contribution in [0.15, 0.2) is 48.5 Å². The third-order valence-corrected chi connectivity index (χ3v) is 6.37. The van der Waals surface area contributed by atoms with E-state index in [2.05, 4.69) is 23.5 Å². The van der Waals surface area contributed by atoms with Crippen molar-refractivity contribution in [1.82, 2.24) is 10.2 Å². The van der Waals surface area contributed by atoms with Crippen molar-refractivity contribution in [3.63, 3.8) is 0 Å². The molecule has 3 rings (SSSR count). The highest BCUT2D eigenvalue weighted by Crippen LogP contribution is 2.29. The van der Waals surface area contributed by atoms with Gasteiger partial charge in [0.05, 0.1) is 0 Å². The highest BCUT2D eigenvalue weighted by atomic mass is 35.5. The molecule has 166 valence electrons. The summed E-state index contributed by atoms with van der Waals surface area (Å²) in [6.45, 7) is 7.46. The minimum absolute atomic E-state index is 0.0356. The number of carbonyl (C=O) groups excluding carboxylic acids is 2. The summed E-state index contributed by atoms with van der Waals surface area (Å²) in [7, 11) is 0. The number of carbonyl (C=O) groups is 2. The first kappa shape index (κ1) is 23.3. The normalized spacial score (nSPS) is 15.7. The summed E-state index contributed by atoms with van der Waals surface area (Å²) in [5.41, 5.74) is 3.61. The summed E-state index contributed by atoms with van der Waals surface area (Å²) in [4.78, 5) is 27.7. The smallest absolute Gasteiger partial charge is 0.245 e. The van der Waals surface area contributed by atoms with Crippen LogP contribution in [0.1, 0.15) is 55.7 Å². The Hall–Kier alpha value is -2.33. The van der Waals surface area contributed by atoms with Crippen molar-refractivity contribution >= 4 is 23.4 Å². The highest BCUT2D eigenvalue weighted by Gasteiger charge is 2.31. The maximum Gasteiger partial charge on any atom is 0.245 e. The van der Waals surface area contributed by atoms with Gasteiger partial charge in [0, 0.05) is 24.5 Å². The predicted octanol–water partition coefficient (Wildman–Crippen LogP) is 5.13. The van der Waals surface area contributed by atoms with Gasteiger partial charge < -0.3 is 10.2 Å². The van der Waals surface area contributed by atoms with Crippen LogP contribution >= 0.6 is 11.6 Å². The van der Waals surface area contributed by atoms with Gasteiger partial charge in [-0.15, -0.1) is 0 Å². The van der Waals surface area contributed by atoms with E-state index in [9.17, 15) is 9.59 Å². The molecule has 1 heterocycles. The summed E-state index contributed by atoms with van der Waals surface area (Å²) in [5.74, 6) is 0.463. The fraction of sp³-hybridized carbons (Fsp3) is 0.462. The number of piperidine rings is 1. The number of aryl methyl sites for hydroxylation is 2. The fourth-order valence-electron chi connectivity index (χ4n) is 4.25. The van der Waals surface area contributed by atoms with E-state index in [1.54, 1.807) is 0 Å². The number of halogens is 1. The van der Waals surface area contributed by atoms with Gasteiger partial charge in [-0.3, -0.25) is 9.59 Å². The molecule has 0 bridgehead atoms. The Morgan fingerprint density at radius 2 is 1.77 bits per heavy atom. The largest absolute Gasteiger partial charge is 0.344 e. The SMILES string of the molecule is Cc1cccc(CCC(=O)N[C@@H](C(=O)N2CCC(c3ccc(Cl)cc3)CC2)C(C)C)c1. The van der Waals surface area contributed by atoms with Gasteiger partial charge >= 0.3 is 0 Å². The van der Waals surface area contributed by atoms with Crippen molar-refractivity contribution in [2.75, 3.05) is 13.1 Å². The standard InChI is InChI=1S/C26H33ClN2O2/c1-18(2)25(28-24(30)12-7-20-6-4-5-19(3)17-20)26(31)29-15-13-22(14-16-29)21-8-10-23(27)11-9-21/h4-6,8-11,17-18,22,25H,7,12-16H2,1-3H3,(H,28,30)/t25-/m1/s1. The zero-order valence-electron chi connectivity index (χ0n) is 18.7. The number of hydrogen-bond donors (Lipinski definition) is 1. The Morgan fingerprint density at radius 3 is 2.39 bits per heavy atom. The fourth-order valence-corrected chi connectivity index (χ4v) is 4.38. The van der Waals surface area contributed by atoms with Crippen molar-refractivity contribution in [1.29, 1.82) is 0 Å². The van der Waals surface area contributed by atoms with Crippen LogP contribution in [-0.4, -0.2) is 35.8 Å². The van der Waals surface area contributed by atoms with E-state index < -0.39 is 6.04 Å². The van der Waals surface area contributed by atoms with E-state index in [0.717, 1.165) is 23.4 Å². The zero-order valence-corrected chi connectivity index (χ0v) is 19.5. The molecular weight excluding hydrogens is 408 g/mol. The summed E-state index contributed by atoms with van der Waals surface area (Å²) >= 11 is 6.00. The molecule has 1 fully saturated rings. The molecule has 0 unspecified atom stereocenters. The quantitative estimate of drug-likeness (QED) is 0.648. The molecule has 1 saturated heterocycles. The Bertz CT molecular complexity index is 887. The Labute approximate surface area is 191 Å². The maximum atomic E-state index is 13.2. The lowest BCUT2D eigenvalue weighted by molar-refractivity contribution is -0.138. The lowest BCUT2D eigenvalue weighted by atomic mass is 9.89. The number of hydrogen-bond acceptors (Lipinski definition) is 2. The first-order chi connectivity index (χ1) is 14.8. The average molecular weight is 441 g/mol. The van der Waals surface area contributed by atoms with Crippen LogP contribution < -0.4 is 5.32 Å². The predicted molar refractivity (Wildman–Crippen MR) is 126 cm³/mol. The Kier molecular flexibility index (Phi) is 8.14. The maximum absolute atomic E-state index is 13.2. The molecule has 1 atom stereocenters. The molecule has 2 aromatic carbocycles. The van der Waals surface area contributed by atoms with E-state index in [1.165, 1.54) is 11.1 Å². The minimum atomic E-state index is -0.475. The summed E-state index contributed by atoms with van der Waals surface area (Å²) in [6, 6.07) is 15.7. The van der Waals surface area contributed by atoms with E-state index >= 15 is 0 Å². The number of nitrogens with one attached hydrogen (secondary N) is 1. The van der Waals surface area contributed by atoms with Crippen molar-refractivity contribution in [2.45, 2.75) is 58.4 Å². The number of benzene rings is 2. The monoisotopic (exact) mass is 440 g/mol. The van der Waals surface area contributed by atoms with Crippen molar-refractivity contribution in [2.24, 2.45) is 5.92 Å². The van der Waals surface area contributed by atoms with Gasteiger partial charge in [-0.2, -0.15) is 0 Å². The molecule has 0 spiro atoms. The molecule has 0 aromatic heterocycles. The molecule has 1 aliphatic heterocycles. The lowest BCUT2D eigenvalue weighted by Gasteiger charge is -2.35. The van der Waals surface area contributed by atoms with Crippen LogP contribution in [0.4, 0.5) is 0 Å². The van der Waals surface area contributed by atoms with Crippen LogP contribution in [-0.2, 0) is 16.0 Å². The second-order valence-electron chi connectivity index (χ2n) is 8.93. The zero-order chi connectivity index (χ0) is 22.4. The Morgan fingerprint density at radius 1 is 1.10 bits per heavy atom. The van der Waals surface area contributed by atoms with Crippen LogP contribution in [0.3, 0.4) is 0 Å². The van der Waals surface area contributed by atoms with E-state index in [-0.39, 0.29) is 17.7 Å². The molecular formula is C26H33ClN2O2. The molecule has 5 heteroatoms. The van der Waals surface area contributed by atoms with Crippen LogP contribution in [0.25, 0.3) is 0 Å². The van der Waals surface area contributed by atoms with Crippen molar-refractivity contribution < 1.29 is 9.59 Å². The molecule has 4 nitrogen and oxygen atoms in total. The van der Waals surface area contributed by atoms with E-state index in [0.29, 0.717) is 31.8 Å². The van der Waals surface area contributed by atoms with Crippen LogP contribution in [0, 0.1) is 12.8 Å². The van der Waals surface area contributed by atoms with Crippen molar-refractivity contribution in [3.05, 3.63) is 70.2 Å². The van der Waals surface area contributed by atoms with Gasteiger partial charge in [0.1, 0.15) is 6.04 Å². The number of amides is 2. The molecule has 1 aliphatic rings. The molecule has 31 heavy (non-hydrogen) atoms. The molecule has 2 amide bonds. The average Bonchev–Trinajstić information content (AvgIpc) is 2.76. The van der Waals surface area contributed by atoms with Gasteiger partial charge in [-0.1, -0.05) is 67.4 Å². The van der Waals surface area contributed by atoms with Gasteiger partial charge in [-0.25, -0.2) is 0 Å². The van der Waals surface area contributed by atoms with Crippen LogP contribution in [0.5, 0.6) is 0 Å². The van der Waals surface area contributed by atoms with Gasteiger partial charge in [0.25, 0.3) is 0 Å². The summed E-state index contributed by atoms with van der Waals surface area (Å²) < 4.78 is 0. The molecule has 0 aliphatic carbocycles. The molecule has 2 aromatic rings.